The molecule has 2 aromatic rings. The second-order valence-corrected chi connectivity index (χ2v) is 8.82. The smallest absolute Gasteiger partial charge is 0.270 e. The van der Waals surface area contributed by atoms with Gasteiger partial charge in [0, 0.05) is 17.2 Å². The number of nitrogens with zero attached hydrogens (tertiary/aromatic N) is 3. The fraction of sp³-hybridized carbons (Fsp3) is 0.500. The summed E-state index contributed by atoms with van der Waals surface area (Å²) in [6.07, 6.45) is -0.0697. The predicted octanol–water partition coefficient (Wildman–Crippen LogP) is 4.01. The van der Waals surface area contributed by atoms with Gasteiger partial charge in [-0.25, -0.2) is 9.97 Å². The van der Waals surface area contributed by atoms with Crippen molar-refractivity contribution in [2.45, 2.75) is 47.1 Å². The van der Waals surface area contributed by atoms with Crippen LogP contribution in [-0.2, 0) is 9.63 Å². The van der Waals surface area contributed by atoms with Crippen LogP contribution >= 0.6 is 22.7 Å². The first-order valence-corrected chi connectivity index (χ1v) is 9.37. The highest BCUT2D eigenvalue weighted by molar-refractivity contribution is 7.16. The van der Waals surface area contributed by atoms with Crippen LogP contribution < -0.4 is 5.32 Å². The van der Waals surface area contributed by atoms with E-state index in [9.17, 15) is 4.79 Å². The normalized spacial score (nSPS) is 17.5. The molecule has 1 atom stereocenters. The Bertz CT molecular complexity index is 801. The summed E-state index contributed by atoms with van der Waals surface area (Å²) in [5.74, 6) is -0.212. The molecular weight excluding hydrogens is 344 g/mol. The number of hydrogen-bond donors (Lipinski definition) is 1. The summed E-state index contributed by atoms with van der Waals surface area (Å²) >= 11 is 3.00. The van der Waals surface area contributed by atoms with Crippen LogP contribution in [0.15, 0.2) is 10.5 Å². The van der Waals surface area contributed by atoms with Crippen molar-refractivity contribution < 1.29 is 9.63 Å². The molecule has 0 aromatic carbocycles. The van der Waals surface area contributed by atoms with Gasteiger partial charge in [-0.3, -0.25) is 10.1 Å². The van der Waals surface area contributed by atoms with Gasteiger partial charge in [-0.15, -0.1) is 22.7 Å². The SMILES string of the molecule is Cc1nc(C)c(-c2csc(NC(=O)C3CC(C(C)(C)C)=NO3)n2)s1. The lowest BCUT2D eigenvalue weighted by molar-refractivity contribution is -0.125. The molecule has 0 bridgehead atoms. The number of oxime groups is 1. The number of hydrogen-bond acceptors (Lipinski definition) is 7. The summed E-state index contributed by atoms with van der Waals surface area (Å²) in [4.78, 5) is 27.6. The van der Waals surface area contributed by atoms with Crippen LogP contribution in [0.25, 0.3) is 10.6 Å². The van der Waals surface area contributed by atoms with Crippen LogP contribution in [0.2, 0.25) is 0 Å². The lowest BCUT2D eigenvalue weighted by atomic mass is 9.87. The van der Waals surface area contributed by atoms with Crippen molar-refractivity contribution in [3.05, 3.63) is 16.1 Å². The molecule has 1 N–H and O–H groups in total. The number of carbonyl (C=O) groups is 1. The van der Waals surface area contributed by atoms with Crippen LogP contribution in [0.1, 0.15) is 37.9 Å². The van der Waals surface area contributed by atoms with Gasteiger partial charge in [0.2, 0.25) is 6.10 Å². The Balaban J connectivity index is 1.66. The third-order valence-corrected chi connectivity index (χ3v) is 5.55. The first-order chi connectivity index (χ1) is 11.2. The number of amides is 1. The van der Waals surface area contributed by atoms with E-state index in [4.69, 9.17) is 4.84 Å². The number of anilines is 1. The van der Waals surface area contributed by atoms with Crippen molar-refractivity contribution in [1.29, 1.82) is 0 Å². The second-order valence-electron chi connectivity index (χ2n) is 6.76. The van der Waals surface area contributed by atoms with Gasteiger partial charge in [0.1, 0.15) is 0 Å². The molecule has 6 nitrogen and oxygen atoms in total. The van der Waals surface area contributed by atoms with E-state index >= 15 is 0 Å². The number of aryl methyl sites for hydroxylation is 2. The Morgan fingerprint density at radius 1 is 1.33 bits per heavy atom. The van der Waals surface area contributed by atoms with Crippen molar-refractivity contribution in [2.24, 2.45) is 10.6 Å². The van der Waals surface area contributed by atoms with E-state index in [1.54, 1.807) is 11.3 Å². The maximum Gasteiger partial charge on any atom is 0.270 e. The Hall–Kier alpha value is -1.80. The van der Waals surface area contributed by atoms with Crippen LogP contribution in [0, 0.1) is 19.3 Å². The molecule has 1 aliphatic heterocycles. The van der Waals surface area contributed by atoms with Gasteiger partial charge in [0.05, 0.1) is 27.0 Å². The van der Waals surface area contributed by atoms with E-state index in [0.717, 1.165) is 27.0 Å². The Labute approximate surface area is 149 Å². The van der Waals surface area contributed by atoms with E-state index in [1.165, 1.54) is 11.3 Å². The third kappa shape index (κ3) is 3.49. The van der Waals surface area contributed by atoms with Crippen molar-refractivity contribution in [2.75, 3.05) is 5.32 Å². The van der Waals surface area contributed by atoms with Gasteiger partial charge >= 0.3 is 0 Å². The number of aromatic nitrogens is 2. The minimum atomic E-state index is -0.584. The van der Waals surface area contributed by atoms with Crippen LogP contribution in [-0.4, -0.2) is 27.7 Å². The maximum absolute atomic E-state index is 12.4. The van der Waals surface area contributed by atoms with E-state index < -0.39 is 6.10 Å². The van der Waals surface area contributed by atoms with Crippen molar-refractivity contribution in [3.63, 3.8) is 0 Å². The van der Waals surface area contributed by atoms with Gasteiger partial charge < -0.3 is 4.84 Å². The molecule has 24 heavy (non-hydrogen) atoms. The standard InChI is InChI=1S/C16H20N4O2S2/c1-8-13(24-9(2)17-8)10-7-23-15(18-10)19-14(21)11-6-12(20-22-11)16(3,4)5/h7,11H,6H2,1-5H3,(H,18,19,21). The highest BCUT2D eigenvalue weighted by Gasteiger charge is 2.34. The summed E-state index contributed by atoms with van der Waals surface area (Å²) in [6.45, 7) is 10.1. The minimum Gasteiger partial charge on any atom is -0.382 e. The third-order valence-electron chi connectivity index (χ3n) is 3.70. The number of nitrogens with one attached hydrogen (secondary N) is 1. The van der Waals surface area contributed by atoms with Crippen LogP contribution in [0.3, 0.4) is 0 Å². The molecule has 8 heteroatoms. The lowest BCUT2D eigenvalue weighted by Crippen LogP contribution is -2.29. The van der Waals surface area contributed by atoms with Gasteiger partial charge in [0.15, 0.2) is 5.13 Å². The molecule has 3 heterocycles. The van der Waals surface area contributed by atoms with Crippen molar-refractivity contribution in [3.8, 4) is 10.6 Å². The first-order valence-electron chi connectivity index (χ1n) is 7.68. The summed E-state index contributed by atoms with van der Waals surface area (Å²) in [5, 5.41) is 10.4. The number of rotatable bonds is 3. The predicted molar refractivity (Wildman–Crippen MR) is 97.7 cm³/mol. The van der Waals surface area contributed by atoms with Gasteiger partial charge in [-0.1, -0.05) is 25.9 Å². The second kappa shape index (κ2) is 6.25. The topological polar surface area (TPSA) is 76.5 Å². The zero-order chi connectivity index (χ0) is 17.5. The molecule has 128 valence electrons. The van der Waals surface area contributed by atoms with E-state index in [0.29, 0.717) is 11.6 Å². The largest absolute Gasteiger partial charge is 0.382 e. The molecule has 1 unspecified atom stereocenters. The first kappa shape index (κ1) is 17.0. The zero-order valence-corrected chi connectivity index (χ0v) is 16.0. The van der Waals surface area contributed by atoms with Crippen molar-refractivity contribution in [1.82, 2.24) is 9.97 Å². The lowest BCUT2D eigenvalue weighted by Gasteiger charge is -2.16. The zero-order valence-electron chi connectivity index (χ0n) is 14.3. The van der Waals surface area contributed by atoms with Gasteiger partial charge in [-0.05, 0) is 13.8 Å². The molecular formula is C16H20N4O2S2. The molecule has 0 fully saturated rings. The molecule has 0 radical (unpaired) electrons. The Kier molecular flexibility index (Phi) is 4.44. The summed E-state index contributed by atoms with van der Waals surface area (Å²) in [6, 6.07) is 0. The monoisotopic (exact) mass is 364 g/mol. The number of carbonyl (C=O) groups excluding carboxylic acids is 1. The molecule has 1 amide bonds. The van der Waals surface area contributed by atoms with Gasteiger partial charge in [-0.2, -0.15) is 0 Å². The summed E-state index contributed by atoms with van der Waals surface area (Å²) in [7, 11) is 0. The minimum absolute atomic E-state index is 0.0923. The van der Waals surface area contributed by atoms with Gasteiger partial charge in [0.25, 0.3) is 5.91 Å². The molecule has 0 spiro atoms. The molecule has 0 saturated carbocycles. The fourth-order valence-corrected chi connectivity index (χ4v) is 4.01. The van der Waals surface area contributed by atoms with Crippen LogP contribution in [0.5, 0.6) is 0 Å². The van der Waals surface area contributed by atoms with E-state index in [-0.39, 0.29) is 11.3 Å². The number of thiazole rings is 2. The summed E-state index contributed by atoms with van der Waals surface area (Å²) < 4.78 is 0. The summed E-state index contributed by atoms with van der Waals surface area (Å²) in [5.41, 5.74) is 2.61. The Morgan fingerprint density at radius 2 is 2.08 bits per heavy atom. The highest BCUT2D eigenvalue weighted by atomic mass is 32.1. The highest BCUT2D eigenvalue weighted by Crippen LogP contribution is 2.32. The van der Waals surface area contributed by atoms with Crippen LogP contribution in [0.4, 0.5) is 5.13 Å². The maximum atomic E-state index is 12.4. The quantitative estimate of drug-likeness (QED) is 0.892. The fourth-order valence-electron chi connectivity index (χ4n) is 2.35. The molecule has 2 aromatic heterocycles. The average molecular weight is 364 g/mol. The molecule has 1 aliphatic rings. The molecule has 3 rings (SSSR count). The molecule has 0 aliphatic carbocycles. The molecule has 0 saturated heterocycles. The van der Waals surface area contributed by atoms with E-state index in [2.05, 4.69) is 41.2 Å². The Morgan fingerprint density at radius 3 is 2.67 bits per heavy atom. The van der Waals surface area contributed by atoms with Crippen molar-refractivity contribution >= 4 is 39.4 Å². The average Bonchev–Trinajstić information content (AvgIpc) is 3.17. The van der Waals surface area contributed by atoms with E-state index in [1.807, 2.05) is 19.2 Å².